The zero-order chi connectivity index (χ0) is 21.1. The molecule has 0 saturated heterocycles. The van der Waals surface area contributed by atoms with Crippen LogP contribution in [0.2, 0.25) is 0 Å². The monoisotopic (exact) mass is 406 g/mol. The van der Waals surface area contributed by atoms with E-state index in [9.17, 15) is 10.0 Å². The molecule has 0 atom stereocenters. The fourth-order valence-corrected chi connectivity index (χ4v) is 3.07. The van der Waals surface area contributed by atoms with E-state index in [-0.39, 0.29) is 23.3 Å². The molecule has 0 unspecified atom stereocenters. The van der Waals surface area contributed by atoms with Gasteiger partial charge in [0.05, 0.1) is 25.3 Å². The Hall–Kier alpha value is -3.70. The molecule has 2 aromatic heterocycles. The van der Waals surface area contributed by atoms with Crippen LogP contribution in [0.3, 0.4) is 0 Å². The molecule has 4 rings (SSSR count). The fraction of sp³-hybridized carbons (Fsp3) is 0.158. The average molecular weight is 406 g/mol. The average Bonchev–Trinajstić information content (AvgIpc) is 3.16. The molecule has 2 heterocycles. The standard InChI is InChI=1S/C19H19BN6O4/c1-29-17-16(21-11-12-7-4-3-5-8-12)23-18(25-24-17)26-14-10-6-9-13(20(27)28)15(14)22-19(26)30-2/h3-10,27-28H,11H2,1-2H3,(H,21,23,25). The van der Waals surface area contributed by atoms with Crippen LogP contribution < -0.4 is 20.3 Å². The number of rotatable bonds is 7. The van der Waals surface area contributed by atoms with Crippen molar-refractivity contribution >= 4 is 29.4 Å². The second kappa shape index (κ2) is 8.35. The molecular weight excluding hydrogens is 387 g/mol. The van der Waals surface area contributed by atoms with Crippen LogP contribution in [-0.4, -0.2) is 56.1 Å². The van der Waals surface area contributed by atoms with E-state index >= 15 is 0 Å². The van der Waals surface area contributed by atoms with Crippen LogP contribution in [-0.2, 0) is 6.54 Å². The van der Waals surface area contributed by atoms with Gasteiger partial charge in [-0.3, -0.25) is 0 Å². The topological polar surface area (TPSA) is 127 Å². The van der Waals surface area contributed by atoms with E-state index in [4.69, 9.17) is 9.47 Å². The summed E-state index contributed by atoms with van der Waals surface area (Å²) in [6.07, 6.45) is 0. The predicted octanol–water partition coefficient (Wildman–Crippen LogP) is 0.520. The smallest absolute Gasteiger partial charge is 0.477 e. The van der Waals surface area contributed by atoms with Gasteiger partial charge >= 0.3 is 13.1 Å². The summed E-state index contributed by atoms with van der Waals surface area (Å²) in [7, 11) is 1.26. The summed E-state index contributed by atoms with van der Waals surface area (Å²) in [4.78, 5) is 8.90. The number of hydrogen-bond acceptors (Lipinski definition) is 9. The highest BCUT2D eigenvalue weighted by Crippen LogP contribution is 2.26. The summed E-state index contributed by atoms with van der Waals surface area (Å²) in [5.41, 5.74) is 2.21. The number of imidazole rings is 1. The van der Waals surface area contributed by atoms with Gasteiger partial charge in [0, 0.05) is 12.0 Å². The Morgan fingerprint density at radius 3 is 2.47 bits per heavy atom. The number of fused-ring (bicyclic) bond motifs is 1. The van der Waals surface area contributed by atoms with E-state index in [1.807, 2.05) is 30.3 Å². The maximum atomic E-state index is 9.65. The highest BCUT2D eigenvalue weighted by atomic mass is 16.5. The van der Waals surface area contributed by atoms with Crippen LogP contribution >= 0.6 is 0 Å². The van der Waals surface area contributed by atoms with Crippen molar-refractivity contribution in [2.75, 3.05) is 19.5 Å². The van der Waals surface area contributed by atoms with Crippen molar-refractivity contribution in [1.82, 2.24) is 24.7 Å². The Kier molecular flexibility index (Phi) is 5.46. The van der Waals surface area contributed by atoms with Gasteiger partial charge in [0.2, 0.25) is 0 Å². The van der Waals surface area contributed by atoms with Gasteiger partial charge in [-0.25, -0.2) is 4.57 Å². The molecule has 3 N–H and O–H groups in total. The SMILES string of the molecule is COc1nnc(-n2c(OC)nc3c(B(O)O)cccc32)nc1NCc1ccccc1. The Labute approximate surface area is 172 Å². The third-order valence-corrected chi connectivity index (χ3v) is 4.49. The molecule has 0 aliphatic carbocycles. The number of hydrogen-bond donors (Lipinski definition) is 3. The van der Waals surface area contributed by atoms with Crippen molar-refractivity contribution in [3.8, 4) is 17.8 Å². The normalized spacial score (nSPS) is 10.8. The van der Waals surface area contributed by atoms with Crippen LogP contribution in [0.5, 0.6) is 11.9 Å². The van der Waals surface area contributed by atoms with Crippen molar-refractivity contribution in [3.05, 3.63) is 54.1 Å². The van der Waals surface area contributed by atoms with Crippen LogP contribution in [0.1, 0.15) is 5.56 Å². The first-order valence-corrected chi connectivity index (χ1v) is 9.10. The molecule has 0 radical (unpaired) electrons. The minimum absolute atomic E-state index is 0.180. The Morgan fingerprint density at radius 2 is 1.77 bits per heavy atom. The molecule has 0 fully saturated rings. The zero-order valence-corrected chi connectivity index (χ0v) is 16.4. The first-order chi connectivity index (χ1) is 14.6. The van der Waals surface area contributed by atoms with E-state index in [0.29, 0.717) is 23.4 Å². The number of nitrogens with zero attached hydrogens (tertiary/aromatic N) is 5. The number of aromatic nitrogens is 5. The summed E-state index contributed by atoms with van der Waals surface area (Å²) in [5.74, 6) is 0.827. The molecule has 10 nitrogen and oxygen atoms in total. The Bertz CT molecular complexity index is 1170. The Morgan fingerprint density at radius 1 is 0.967 bits per heavy atom. The lowest BCUT2D eigenvalue weighted by Gasteiger charge is -2.11. The number of nitrogens with one attached hydrogen (secondary N) is 1. The lowest BCUT2D eigenvalue weighted by molar-refractivity contribution is 0.371. The molecule has 0 saturated carbocycles. The van der Waals surface area contributed by atoms with Crippen LogP contribution in [0.4, 0.5) is 5.82 Å². The van der Waals surface area contributed by atoms with Crippen molar-refractivity contribution in [2.45, 2.75) is 6.54 Å². The van der Waals surface area contributed by atoms with E-state index < -0.39 is 7.12 Å². The van der Waals surface area contributed by atoms with Gasteiger partial charge < -0.3 is 24.8 Å². The maximum absolute atomic E-state index is 9.65. The van der Waals surface area contributed by atoms with Crippen molar-refractivity contribution in [1.29, 1.82) is 0 Å². The highest BCUT2D eigenvalue weighted by Gasteiger charge is 2.23. The third-order valence-electron chi connectivity index (χ3n) is 4.49. The molecule has 0 aliphatic rings. The number of para-hydroxylation sites is 1. The van der Waals surface area contributed by atoms with Crippen LogP contribution in [0.25, 0.3) is 17.0 Å². The molecule has 0 spiro atoms. The first kappa shape index (κ1) is 19.6. The number of methoxy groups -OCH3 is 2. The molecule has 30 heavy (non-hydrogen) atoms. The first-order valence-electron chi connectivity index (χ1n) is 9.10. The van der Waals surface area contributed by atoms with Gasteiger partial charge in [0.15, 0.2) is 5.82 Å². The maximum Gasteiger partial charge on any atom is 0.490 e. The summed E-state index contributed by atoms with van der Waals surface area (Å²) in [6.45, 7) is 0.512. The molecule has 0 aliphatic heterocycles. The van der Waals surface area contributed by atoms with Gasteiger partial charge in [-0.1, -0.05) is 42.5 Å². The van der Waals surface area contributed by atoms with Gasteiger partial charge in [0.25, 0.3) is 11.8 Å². The minimum atomic E-state index is -1.68. The minimum Gasteiger partial charge on any atom is -0.477 e. The number of anilines is 1. The Balaban J connectivity index is 1.79. The van der Waals surface area contributed by atoms with Gasteiger partial charge in [0.1, 0.15) is 0 Å². The van der Waals surface area contributed by atoms with Crippen molar-refractivity contribution in [2.24, 2.45) is 0 Å². The lowest BCUT2D eigenvalue weighted by atomic mass is 9.79. The summed E-state index contributed by atoms with van der Waals surface area (Å²) in [6, 6.07) is 15.0. The molecular formula is C19H19BN6O4. The highest BCUT2D eigenvalue weighted by molar-refractivity contribution is 6.61. The summed E-state index contributed by atoms with van der Waals surface area (Å²) < 4.78 is 12.2. The molecule has 11 heteroatoms. The third kappa shape index (κ3) is 3.63. The second-order valence-corrected chi connectivity index (χ2v) is 6.33. The summed E-state index contributed by atoms with van der Waals surface area (Å²) in [5, 5.41) is 30.7. The quantitative estimate of drug-likeness (QED) is 0.377. The molecule has 0 amide bonds. The van der Waals surface area contributed by atoms with Gasteiger partial charge in [-0.05, 0) is 11.6 Å². The number of benzene rings is 2. The predicted molar refractivity (Wildman–Crippen MR) is 111 cm³/mol. The molecule has 2 aromatic carbocycles. The fourth-order valence-electron chi connectivity index (χ4n) is 3.07. The largest absolute Gasteiger partial charge is 0.490 e. The molecule has 0 bridgehead atoms. The van der Waals surface area contributed by atoms with E-state index in [1.165, 1.54) is 14.2 Å². The van der Waals surface area contributed by atoms with Crippen LogP contribution in [0, 0.1) is 0 Å². The second-order valence-electron chi connectivity index (χ2n) is 6.33. The van der Waals surface area contributed by atoms with E-state index in [2.05, 4.69) is 25.5 Å². The summed E-state index contributed by atoms with van der Waals surface area (Å²) >= 11 is 0. The van der Waals surface area contributed by atoms with Gasteiger partial charge in [-0.2, -0.15) is 9.97 Å². The zero-order valence-electron chi connectivity index (χ0n) is 16.4. The van der Waals surface area contributed by atoms with Crippen LogP contribution in [0.15, 0.2) is 48.5 Å². The van der Waals surface area contributed by atoms with Gasteiger partial charge in [-0.15, -0.1) is 10.2 Å². The number of ether oxygens (including phenoxy) is 2. The lowest BCUT2D eigenvalue weighted by Crippen LogP contribution is -2.30. The van der Waals surface area contributed by atoms with Crippen molar-refractivity contribution in [3.63, 3.8) is 0 Å². The molecule has 4 aromatic rings. The van der Waals surface area contributed by atoms with E-state index in [1.54, 1.807) is 22.8 Å². The van der Waals surface area contributed by atoms with E-state index in [0.717, 1.165) is 5.56 Å². The molecule has 152 valence electrons. The van der Waals surface area contributed by atoms with Crippen molar-refractivity contribution < 1.29 is 19.5 Å².